The van der Waals surface area contributed by atoms with Crippen LogP contribution in [0, 0.1) is 3.57 Å². The zero-order valence-electron chi connectivity index (χ0n) is 17.3. The molecule has 0 aliphatic rings. The maximum atomic E-state index is 13.5. The molecule has 0 radical (unpaired) electrons. The van der Waals surface area contributed by atoms with Gasteiger partial charge in [0.15, 0.2) is 0 Å². The lowest BCUT2D eigenvalue weighted by Crippen LogP contribution is -2.22. The molecule has 0 atom stereocenters. The Kier molecular flexibility index (Phi) is 5.61. The van der Waals surface area contributed by atoms with Crippen LogP contribution in [0.4, 0.5) is 0 Å². The Labute approximate surface area is 203 Å². The lowest BCUT2D eigenvalue weighted by molar-refractivity contribution is 0.790. The molecule has 3 aromatic carbocycles. The van der Waals surface area contributed by atoms with E-state index in [1.807, 2.05) is 54.6 Å². The third-order valence-corrected chi connectivity index (χ3v) is 6.43. The van der Waals surface area contributed by atoms with Gasteiger partial charge in [-0.25, -0.2) is 4.98 Å². The molecule has 0 spiro atoms. The van der Waals surface area contributed by atoms with E-state index in [-0.39, 0.29) is 5.56 Å². The van der Waals surface area contributed by atoms with Crippen molar-refractivity contribution in [2.75, 3.05) is 0 Å². The minimum Gasteiger partial charge on any atom is -0.341 e. The van der Waals surface area contributed by atoms with Crippen LogP contribution in [0.3, 0.4) is 0 Å². The number of hydrogen-bond acceptors (Lipinski definition) is 2. The number of aryl methyl sites for hydroxylation is 1. The monoisotopic (exact) mass is 551 g/mol. The summed E-state index contributed by atoms with van der Waals surface area (Å²) in [4.78, 5) is 18.3. The predicted molar refractivity (Wildman–Crippen MR) is 142 cm³/mol. The Hall–Kier alpha value is -2.90. The molecule has 0 aliphatic carbocycles. The lowest BCUT2D eigenvalue weighted by atomic mass is 10.2. The number of halogens is 2. The molecule has 0 unspecified atom stereocenters. The van der Waals surface area contributed by atoms with Gasteiger partial charge >= 0.3 is 0 Å². The van der Waals surface area contributed by atoms with Crippen LogP contribution in [0.15, 0.2) is 77.6 Å². The minimum atomic E-state index is -0.105. The van der Waals surface area contributed by atoms with Crippen molar-refractivity contribution in [1.82, 2.24) is 14.1 Å². The fraction of sp³-hybridized carbons (Fsp3) is 0.0769. The van der Waals surface area contributed by atoms with Gasteiger partial charge in [0.1, 0.15) is 5.82 Å². The molecule has 0 aliphatic heterocycles. The van der Waals surface area contributed by atoms with Crippen LogP contribution in [-0.2, 0) is 6.54 Å². The molecule has 32 heavy (non-hydrogen) atoms. The number of rotatable bonds is 4. The highest BCUT2D eigenvalue weighted by molar-refractivity contribution is 14.1. The maximum absolute atomic E-state index is 13.5. The molecule has 5 aromatic rings. The summed E-state index contributed by atoms with van der Waals surface area (Å²) in [5.41, 5.74) is 3.55. The second kappa shape index (κ2) is 8.56. The third-order valence-electron chi connectivity index (χ3n) is 5.50. The SMILES string of the molecule is CCn1c(C=Cc2nc3ccc(I)cc3c(=O)n2-c2ccc(Cl)cc2)cc2ccccc21. The first kappa shape index (κ1) is 21.0. The van der Waals surface area contributed by atoms with Gasteiger partial charge in [0.25, 0.3) is 5.56 Å². The number of hydrogen-bond donors (Lipinski definition) is 0. The largest absolute Gasteiger partial charge is 0.341 e. The molecule has 0 bridgehead atoms. The first-order valence-corrected chi connectivity index (χ1v) is 11.8. The molecule has 0 saturated carbocycles. The van der Waals surface area contributed by atoms with E-state index in [1.165, 1.54) is 10.9 Å². The van der Waals surface area contributed by atoms with E-state index in [4.69, 9.17) is 16.6 Å². The van der Waals surface area contributed by atoms with Crippen molar-refractivity contribution in [3.8, 4) is 5.69 Å². The summed E-state index contributed by atoms with van der Waals surface area (Å²) < 4.78 is 4.89. The first-order chi connectivity index (χ1) is 15.5. The lowest BCUT2D eigenvalue weighted by Gasteiger charge is -2.12. The van der Waals surface area contributed by atoms with Crippen LogP contribution in [0.2, 0.25) is 5.02 Å². The van der Waals surface area contributed by atoms with Crippen LogP contribution in [-0.4, -0.2) is 14.1 Å². The summed E-state index contributed by atoms with van der Waals surface area (Å²) in [7, 11) is 0. The number of aromatic nitrogens is 3. The Morgan fingerprint density at radius 1 is 1.00 bits per heavy atom. The molecule has 158 valence electrons. The van der Waals surface area contributed by atoms with Gasteiger partial charge in [-0.15, -0.1) is 0 Å². The zero-order valence-corrected chi connectivity index (χ0v) is 20.2. The molecule has 2 aromatic heterocycles. The second-order valence-corrected chi connectivity index (χ2v) is 9.14. The number of para-hydroxylation sites is 1. The van der Waals surface area contributed by atoms with Crippen molar-refractivity contribution in [1.29, 1.82) is 0 Å². The van der Waals surface area contributed by atoms with Gasteiger partial charge in [-0.2, -0.15) is 0 Å². The fourth-order valence-electron chi connectivity index (χ4n) is 4.01. The van der Waals surface area contributed by atoms with Crippen molar-refractivity contribution in [3.63, 3.8) is 0 Å². The van der Waals surface area contributed by atoms with Gasteiger partial charge in [-0.1, -0.05) is 29.8 Å². The maximum Gasteiger partial charge on any atom is 0.266 e. The van der Waals surface area contributed by atoms with Crippen molar-refractivity contribution in [3.05, 3.63) is 103 Å². The Morgan fingerprint density at radius 3 is 2.56 bits per heavy atom. The topological polar surface area (TPSA) is 39.8 Å². The van der Waals surface area contributed by atoms with Gasteiger partial charge in [-0.3, -0.25) is 9.36 Å². The van der Waals surface area contributed by atoms with Crippen LogP contribution in [0.25, 0.3) is 39.6 Å². The molecule has 6 heteroatoms. The smallest absolute Gasteiger partial charge is 0.266 e. The highest BCUT2D eigenvalue weighted by Crippen LogP contribution is 2.23. The molecular formula is C26H19ClIN3O. The normalized spacial score (nSPS) is 11.7. The van der Waals surface area contributed by atoms with E-state index in [0.29, 0.717) is 21.7 Å². The van der Waals surface area contributed by atoms with Crippen molar-refractivity contribution >= 4 is 68.1 Å². The molecule has 0 amide bonds. The highest BCUT2D eigenvalue weighted by atomic mass is 127. The van der Waals surface area contributed by atoms with E-state index in [9.17, 15) is 4.79 Å². The van der Waals surface area contributed by atoms with E-state index in [2.05, 4.69) is 52.3 Å². The summed E-state index contributed by atoms with van der Waals surface area (Å²) in [6.07, 6.45) is 3.93. The molecular weight excluding hydrogens is 533 g/mol. The van der Waals surface area contributed by atoms with Gasteiger partial charge in [0, 0.05) is 31.7 Å². The molecule has 0 fully saturated rings. The average Bonchev–Trinajstić information content (AvgIpc) is 3.16. The summed E-state index contributed by atoms with van der Waals surface area (Å²) in [6, 6.07) is 23.5. The van der Waals surface area contributed by atoms with Crippen LogP contribution in [0.5, 0.6) is 0 Å². The van der Waals surface area contributed by atoms with E-state index in [0.717, 1.165) is 21.5 Å². The van der Waals surface area contributed by atoms with Crippen molar-refractivity contribution in [2.45, 2.75) is 13.5 Å². The van der Waals surface area contributed by atoms with Crippen molar-refractivity contribution in [2.24, 2.45) is 0 Å². The molecule has 5 rings (SSSR count). The Morgan fingerprint density at radius 2 is 1.78 bits per heavy atom. The van der Waals surface area contributed by atoms with E-state index < -0.39 is 0 Å². The van der Waals surface area contributed by atoms with Gasteiger partial charge in [0.2, 0.25) is 0 Å². The number of benzene rings is 3. The summed E-state index contributed by atoms with van der Waals surface area (Å²) in [5, 5.41) is 2.39. The molecule has 0 N–H and O–H groups in total. The number of nitrogens with zero attached hydrogens (tertiary/aromatic N) is 3. The quantitative estimate of drug-likeness (QED) is 0.231. The highest BCUT2D eigenvalue weighted by Gasteiger charge is 2.12. The molecule has 0 saturated heterocycles. The van der Waals surface area contributed by atoms with Gasteiger partial charge in [-0.05, 0) is 96.3 Å². The standard InChI is InChI=1S/C26H19ClIN3O/c1-2-30-21(15-17-5-3-4-6-24(17)30)12-14-25-29-23-13-9-19(28)16-22(23)26(32)31(25)20-10-7-18(27)8-11-20/h3-16H,2H2,1H3. The zero-order chi connectivity index (χ0) is 22.2. The predicted octanol–water partition coefficient (Wildman–Crippen LogP) is 6.79. The van der Waals surface area contributed by atoms with E-state index in [1.54, 1.807) is 16.7 Å². The minimum absolute atomic E-state index is 0.105. The van der Waals surface area contributed by atoms with Crippen LogP contribution >= 0.6 is 34.2 Å². The van der Waals surface area contributed by atoms with E-state index >= 15 is 0 Å². The fourth-order valence-corrected chi connectivity index (χ4v) is 4.63. The first-order valence-electron chi connectivity index (χ1n) is 10.3. The molecule has 4 nitrogen and oxygen atoms in total. The van der Waals surface area contributed by atoms with Crippen molar-refractivity contribution < 1.29 is 0 Å². The molecule has 2 heterocycles. The Bertz CT molecular complexity index is 1550. The van der Waals surface area contributed by atoms with Gasteiger partial charge < -0.3 is 4.57 Å². The van der Waals surface area contributed by atoms with Crippen LogP contribution in [0.1, 0.15) is 18.4 Å². The third kappa shape index (κ3) is 3.76. The Balaban J connectivity index is 1.73. The summed E-state index contributed by atoms with van der Waals surface area (Å²) in [5.74, 6) is 0.568. The van der Waals surface area contributed by atoms with Gasteiger partial charge in [0.05, 0.1) is 16.6 Å². The summed E-state index contributed by atoms with van der Waals surface area (Å²) in [6.45, 7) is 2.98. The summed E-state index contributed by atoms with van der Waals surface area (Å²) >= 11 is 8.30. The average molecular weight is 552 g/mol. The number of fused-ring (bicyclic) bond motifs is 2. The van der Waals surface area contributed by atoms with Crippen LogP contribution < -0.4 is 5.56 Å². The second-order valence-electron chi connectivity index (χ2n) is 7.45.